The first-order valence-corrected chi connectivity index (χ1v) is 18.5. The maximum atomic E-state index is 15.0. The number of ether oxygens (including phenoxy) is 2. The molecule has 2 N–H and O–H groups in total. The predicted molar refractivity (Wildman–Crippen MR) is 199 cm³/mol. The van der Waals surface area contributed by atoms with Crippen molar-refractivity contribution >= 4 is 39.6 Å². The SMILES string of the molecule is C=CCCC(=O)OC[C@@H](NC(=O)[C@H]1[C@@H]2O[C@@]3(CC2Br)[C@@H]1C(=O)N([C@H](CO)c1ccccc1)[C@@H]3C(=O)N(CC=C)Cc1ccccc1)c1ccccc1. The van der Waals surface area contributed by atoms with Gasteiger partial charge in [0.1, 0.15) is 18.2 Å². The van der Waals surface area contributed by atoms with Gasteiger partial charge in [-0.1, -0.05) is 119 Å². The highest BCUT2D eigenvalue weighted by molar-refractivity contribution is 9.09. The van der Waals surface area contributed by atoms with Gasteiger partial charge in [-0.2, -0.15) is 0 Å². The number of benzene rings is 3. The van der Waals surface area contributed by atoms with Crippen LogP contribution in [0.15, 0.2) is 116 Å². The molecule has 3 aliphatic rings. The molecule has 0 saturated carbocycles. The van der Waals surface area contributed by atoms with Crippen molar-refractivity contribution in [3.8, 4) is 0 Å². The lowest BCUT2D eigenvalue weighted by Crippen LogP contribution is -2.57. The van der Waals surface area contributed by atoms with Crippen molar-refractivity contribution in [3.63, 3.8) is 0 Å². The van der Waals surface area contributed by atoms with Crippen LogP contribution in [0.25, 0.3) is 0 Å². The number of carbonyl (C=O) groups excluding carboxylic acids is 4. The number of allylic oxidation sites excluding steroid dienone is 1. The fourth-order valence-electron chi connectivity index (χ4n) is 8.02. The van der Waals surface area contributed by atoms with Gasteiger partial charge < -0.3 is 29.7 Å². The van der Waals surface area contributed by atoms with Crippen molar-refractivity contribution in [3.05, 3.63) is 133 Å². The molecule has 2 bridgehead atoms. The molecule has 6 rings (SSSR count). The summed E-state index contributed by atoms with van der Waals surface area (Å²) in [6, 6.07) is 25.1. The first-order chi connectivity index (χ1) is 25.2. The Balaban J connectivity index is 1.37. The molecule has 10 nitrogen and oxygen atoms in total. The Morgan fingerprint density at radius 1 is 1.00 bits per heavy atom. The predicted octanol–water partition coefficient (Wildman–Crippen LogP) is 5.05. The number of hydrogen-bond acceptors (Lipinski definition) is 7. The molecule has 0 aliphatic carbocycles. The number of alkyl halides is 1. The van der Waals surface area contributed by atoms with Gasteiger partial charge in [0.25, 0.3) is 0 Å². The second-order valence-electron chi connectivity index (χ2n) is 13.5. The number of nitrogens with zero attached hydrogens (tertiary/aromatic N) is 2. The molecular formula is C41H44BrN3O7. The zero-order valence-electron chi connectivity index (χ0n) is 28.9. The van der Waals surface area contributed by atoms with E-state index in [0.29, 0.717) is 18.4 Å². The number of amides is 3. The molecule has 3 amide bonds. The number of carbonyl (C=O) groups is 4. The fourth-order valence-corrected chi connectivity index (χ4v) is 8.96. The number of fused-ring (bicyclic) bond motifs is 1. The minimum atomic E-state index is -1.37. The molecule has 52 heavy (non-hydrogen) atoms. The molecule has 3 aromatic carbocycles. The normalized spacial score (nSPS) is 25.5. The first-order valence-electron chi connectivity index (χ1n) is 17.6. The molecular weight excluding hydrogens is 726 g/mol. The summed E-state index contributed by atoms with van der Waals surface area (Å²) in [5, 5.41) is 13.9. The van der Waals surface area contributed by atoms with Gasteiger partial charge in [-0.25, -0.2) is 0 Å². The van der Waals surface area contributed by atoms with Crippen LogP contribution in [0.3, 0.4) is 0 Å². The van der Waals surface area contributed by atoms with Crippen molar-refractivity contribution in [1.82, 2.24) is 15.1 Å². The van der Waals surface area contributed by atoms with E-state index in [9.17, 15) is 24.3 Å². The highest BCUT2D eigenvalue weighted by Crippen LogP contribution is 2.61. The second kappa shape index (κ2) is 16.4. The summed E-state index contributed by atoms with van der Waals surface area (Å²) in [7, 11) is 0. The minimum Gasteiger partial charge on any atom is -0.463 e. The van der Waals surface area contributed by atoms with Gasteiger partial charge in [0, 0.05) is 24.3 Å². The van der Waals surface area contributed by atoms with E-state index in [1.54, 1.807) is 17.1 Å². The second-order valence-corrected chi connectivity index (χ2v) is 14.7. The summed E-state index contributed by atoms with van der Waals surface area (Å²) in [6.07, 6.45) is 3.48. The van der Waals surface area contributed by atoms with Crippen LogP contribution in [0.2, 0.25) is 0 Å². The molecule has 3 aliphatic heterocycles. The van der Waals surface area contributed by atoms with E-state index in [1.807, 2.05) is 91.0 Å². The van der Waals surface area contributed by atoms with Crippen LogP contribution in [0.1, 0.15) is 48.0 Å². The van der Waals surface area contributed by atoms with Gasteiger partial charge in [-0.15, -0.1) is 13.2 Å². The van der Waals surface area contributed by atoms with Crippen molar-refractivity contribution in [2.24, 2.45) is 11.8 Å². The van der Waals surface area contributed by atoms with Crippen LogP contribution in [-0.2, 0) is 35.2 Å². The molecule has 3 saturated heterocycles. The Bertz CT molecular complexity index is 1760. The number of aliphatic hydroxyl groups is 1. The van der Waals surface area contributed by atoms with E-state index < -0.39 is 66.1 Å². The molecule has 3 aromatic rings. The number of halogens is 1. The van der Waals surface area contributed by atoms with Gasteiger partial charge in [-0.05, 0) is 29.5 Å². The smallest absolute Gasteiger partial charge is 0.306 e. The number of hydrogen-bond donors (Lipinski definition) is 2. The van der Waals surface area contributed by atoms with Crippen LogP contribution >= 0.6 is 15.9 Å². The number of nitrogens with one attached hydrogen (secondary N) is 1. The maximum Gasteiger partial charge on any atom is 0.306 e. The van der Waals surface area contributed by atoms with Crippen molar-refractivity contribution in [2.45, 2.75) is 60.5 Å². The summed E-state index contributed by atoms with van der Waals surface area (Å²) in [5.41, 5.74) is 0.902. The third-order valence-corrected chi connectivity index (χ3v) is 11.2. The Kier molecular flexibility index (Phi) is 11.7. The monoisotopic (exact) mass is 769 g/mol. The Labute approximate surface area is 312 Å². The Hall–Kier alpha value is -4.58. The van der Waals surface area contributed by atoms with Gasteiger partial charge in [-0.3, -0.25) is 19.2 Å². The van der Waals surface area contributed by atoms with E-state index in [0.717, 1.165) is 11.1 Å². The summed E-state index contributed by atoms with van der Waals surface area (Å²) in [6.45, 7) is 7.45. The van der Waals surface area contributed by atoms with Crippen molar-refractivity contribution < 1.29 is 33.8 Å². The molecule has 272 valence electrons. The number of aliphatic hydroxyl groups excluding tert-OH is 1. The Morgan fingerprint density at radius 3 is 2.25 bits per heavy atom. The van der Waals surface area contributed by atoms with E-state index in [1.165, 1.54) is 4.90 Å². The summed E-state index contributed by atoms with van der Waals surface area (Å²) in [4.78, 5) is 59.7. The van der Waals surface area contributed by atoms with E-state index >= 15 is 0 Å². The van der Waals surface area contributed by atoms with Crippen molar-refractivity contribution in [2.75, 3.05) is 19.8 Å². The van der Waals surface area contributed by atoms with E-state index in [2.05, 4.69) is 34.4 Å². The third kappa shape index (κ3) is 7.22. The standard InChI is InChI=1S/C41H44BrN3O7/c1-3-5-21-33(47)51-26-31(28-17-11-7-12-18-28)43-38(48)34-35-39(49)45(32(25-46)29-19-13-8-14-20-29)37(41(35)23-30(42)36(34)52-41)40(50)44(22-4-2)24-27-15-9-6-10-16-27/h3-4,6-20,30-32,34-37,46H,1-2,5,21-26H2,(H,43,48)/t30?,31-,32-,34-,35+,36-,37-,41+/m1/s1. The average molecular weight is 771 g/mol. The highest BCUT2D eigenvalue weighted by atomic mass is 79.9. The summed E-state index contributed by atoms with van der Waals surface area (Å²) < 4.78 is 12.4. The van der Waals surface area contributed by atoms with Crippen LogP contribution in [0, 0.1) is 11.8 Å². The quantitative estimate of drug-likeness (QED) is 0.119. The number of esters is 1. The molecule has 3 heterocycles. The molecule has 0 aromatic heterocycles. The van der Waals surface area contributed by atoms with Crippen molar-refractivity contribution in [1.29, 1.82) is 0 Å². The number of likely N-dealkylation sites (tertiary alicyclic amines) is 1. The largest absolute Gasteiger partial charge is 0.463 e. The van der Waals surface area contributed by atoms with Crippen LogP contribution < -0.4 is 5.32 Å². The fraction of sp³-hybridized carbons (Fsp3) is 0.366. The minimum absolute atomic E-state index is 0.116. The molecule has 1 spiro atoms. The zero-order valence-corrected chi connectivity index (χ0v) is 30.5. The lowest BCUT2D eigenvalue weighted by Gasteiger charge is -2.39. The summed E-state index contributed by atoms with van der Waals surface area (Å²) in [5.74, 6) is -3.67. The van der Waals surface area contributed by atoms with Gasteiger partial charge in [0.2, 0.25) is 17.7 Å². The molecule has 0 radical (unpaired) electrons. The lowest BCUT2D eigenvalue weighted by molar-refractivity contribution is -0.151. The highest BCUT2D eigenvalue weighted by Gasteiger charge is 2.77. The van der Waals surface area contributed by atoms with Crippen LogP contribution in [-0.4, -0.2) is 80.9 Å². The van der Waals surface area contributed by atoms with Crippen LogP contribution in [0.4, 0.5) is 0 Å². The summed E-state index contributed by atoms with van der Waals surface area (Å²) >= 11 is 3.75. The first kappa shape index (κ1) is 37.2. The molecule has 3 fully saturated rings. The molecule has 11 heteroatoms. The maximum absolute atomic E-state index is 15.0. The lowest BCUT2D eigenvalue weighted by atomic mass is 9.70. The van der Waals surface area contributed by atoms with Crippen LogP contribution in [0.5, 0.6) is 0 Å². The zero-order chi connectivity index (χ0) is 36.8. The Morgan fingerprint density at radius 2 is 1.63 bits per heavy atom. The average Bonchev–Trinajstić information content (AvgIpc) is 3.76. The van der Waals surface area contributed by atoms with E-state index in [-0.39, 0.29) is 36.9 Å². The van der Waals surface area contributed by atoms with Gasteiger partial charge in [0.05, 0.1) is 36.6 Å². The van der Waals surface area contributed by atoms with E-state index in [4.69, 9.17) is 9.47 Å². The molecule has 8 atom stereocenters. The number of rotatable bonds is 16. The topological polar surface area (TPSA) is 125 Å². The molecule has 1 unspecified atom stereocenters. The van der Waals surface area contributed by atoms with Gasteiger partial charge in [0.15, 0.2) is 0 Å². The third-order valence-electron chi connectivity index (χ3n) is 10.3. The van der Waals surface area contributed by atoms with Gasteiger partial charge >= 0.3 is 5.97 Å².